The minimum Gasteiger partial charge on any atom is -0.360 e. The topological polar surface area (TPSA) is 101 Å². The minimum atomic E-state index is -0.841. The summed E-state index contributed by atoms with van der Waals surface area (Å²) in [5, 5.41) is 2.06. The highest BCUT2D eigenvalue weighted by Gasteiger charge is 2.15. The van der Waals surface area contributed by atoms with Crippen molar-refractivity contribution in [2.24, 2.45) is 11.5 Å². The van der Waals surface area contributed by atoms with E-state index in [1.54, 1.807) is 0 Å². The van der Waals surface area contributed by atoms with Crippen LogP contribution in [0.25, 0.3) is 0 Å². The summed E-state index contributed by atoms with van der Waals surface area (Å²) in [5.74, 6) is -0.427. The first-order chi connectivity index (χ1) is 8.93. The van der Waals surface area contributed by atoms with Crippen LogP contribution >= 0.6 is 0 Å². The molecule has 104 valence electrons. The van der Waals surface area contributed by atoms with Gasteiger partial charge < -0.3 is 16.4 Å². The van der Waals surface area contributed by atoms with Gasteiger partial charge in [0.05, 0.1) is 6.54 Å². The molecule has 0 bridgehead atoms. The van der Waals surface area contributed by atoms with E-state index in [4.69, 9.17) is 11.5 Å². The normalized spacial score (nSPS) is 10.3. The van der Waals surface area contributed by atoms with Crippen LogP contribution in [0.15, 0.2) is 24.3 Å². The van der Waals surface area contributed by atoms with Crippen LogP contribution in [0.1, 0.15) is 19.4 Å². The third-order valence-electron chi connectivity index (χ3n) is 2.70. The monoisotopic (exact) mass is 264 g/mol. The Hall–Kier alpha value is -2.08. The van der Waals surface area contributed by atoms with Crippen molar-refractivity contribution in [2.75, 3.05) is 11.4 Å². The zero-order valence-electron chi connectivity index (χ0n) is 11.2. The van der Waals surface area contributed by atoms with E-state index in [0.717, 1.165) is 11.3 Å². The zero-order valence-corrected chi connectivity index (χ0v) is 11.2. The summed E-state index contributed by atoms with van der Waals surface area (Å²) in [6.45, 7) is 4.48. The fourth-order valence-corrected chi connectivity index (χ4v) is 1.73. The average molecular weight is 264 g/mol. The van der Waals surface area contributed by atoms with Crippen LogP contribution in [0.2, 0.25) is 0 Å². The van der Waals surface area contributed by atoms with Crippen LogP contribution in [0.3, 0.4) is 0 Å². The number of anilines is 1. The molecule has 0 fully saturated rings. The second-order valence-electron chi connectivity index (χ2n) is 4.50. The van der Waals surface area contributed by atoms with Gasteiger partial charge in [-0.1, -0.05) is 12.1 Å². The lowest BCUT2D eigenvalue weighted by Crippen LogP contribution is -2.44. The fourth-order valence-electron chi connectivity index (χ4n) is 1.73. The fraction of sp³-hybridized carbons (Fsp3) is 0.385. The maximum atomic E-state index is 11.6. The second-order valence-corrected chi connectivity index (χ2v) is 4.50. The Labute approximate surface area is 112 Å². The van der Waals surface area contributed by atoms with Crippen LogP contribution in [0.4, 0.5) is 10.5 Å². The van der Waals surface area contributed by atoms with Crippen molar-refractivity contribution in [2.45, 2.75) is 26.4 Å². The van der Waals surface area contributed by atoms with E-state index < -0.39 is 11.9 Å². The van der Waals surface area contributed by atoms with E-state index >= 15 is 0 Å². The van der Waals surface area contributed by atoms with Gasteiger partial charge in [0.25, 0.3) is 0 Å². The second kappa shape index (κ2) is 6.75. The number of nitrogens with one attached hydrogen (secondary N) is 1. The van der Waals surface area contributed by atoms with Crippen molar-refractivity contribution in [3.05, 3.63) is 29.8 Å². The Kier molecular flexibility index (Phi) is 5.32. The van der Waals surface area contributed by atoms with Crippen molar-refractivity contribution in [1.82, 2.24) is 5.32 Å². The van der Waals surface area contributed by atoms with Crippen LogP contribution in [0.5, 0.6) is 0 Å². The highest BCUT2D eigenvalue weighted by Crippen LogP contribution is 2.17. The molecule has 1 aromatic rings. The minimum absolute atomic E-state index is 0.0720. The van der Waals surface area contributed by atoms with Gasteiger partial charge in [0.1, 0.15) is 0 Å². The Morgan fingerprint density at radius 3 is 2.26 bits per heavy atom. The van der Waals surface area contributed by atoms with Crippen molar-refractivity contribution >= 4 is 17.6 Å². The molecular weight excluding hydrogens is 244 g/mol. The third kappa shape index (κ3) is 4.59. The standard InChI is InChI=1S/C13H20N4O2/c1-9(2)17(8-12(18)16-13(15)19)11-5-3-10(7-14)4-6-11/h3-6,9H,7-8,14H2,1-2H3,(H3,15,16,18,19). The Morgan fingerprint density at radius 2 is 1.84 bits per heavy atom. The van der Waals surface area contributed by atoms with Crippen LogP contribution in [-0.2, 0) is 11.3 Å². The molecule has 0 radical (unpaired) electrons. The molecule has 0 aliphatic heterocycles. The van der Waals surface area contributed by atoms with Crippen molar-refractivity contribution < 1.29 is 9.59 Å². The molecule has 0 aliphatic carbocycles. The van der Waals surface area contributed by atoms with Crippen molar-refractivity contribution in [3.8, 4) is 0 Å². The van der Waals surface area contributed by atoms with Crippen LogP contribution < -0.4 is 21.7 Å². The first-order valence-electron chi connectivity index (χ1n) is 6.09. The van der Waals surface area contributed by atoms with E-state index in [2.05, 4.69) is 5.32 Å². The molecule has 19 heavy (non-hydrogen) atoms. The lowest BCUT2D eigenvalue weighted by molar-refractivity contribution is -0.118. The van der Waals surface area contributed by atoms with Gasteiger partial charge in [0, 0.05) is 18.3 Å². The Balaban J connectivity index is 2.81. The summed E-state index contributed by atoms with van der Waals surface area (Å²) in [6, 6.07) is 6.90. The number of urea groups is 1. The number of imide groups is 1. The molecule has 0 saturated heterocycles. The molecule has 0 atom stereocenters. The van der Waals surface area contributed by atoms with Gasteiger partial charge in [-0.2, -0.15) is 0 Å². The van der Waals surface area contributed by atoms with Gasteiger partial charge in [-0.15, -0.1) is 0 Å². The number of benzene rings is 1. The van der Waals surface area contributed by atoms with Gasteiger partial charge in [-0.3, -0.25) is 10.1 Å². The molecule has 6 heteroatoms. The predicted octanol–water partition coefficient (Wildman–Crippen LogP) is 0.555. The largest absolute Gasteiger partial charge is 0.360 e. The molecule has 0 saturated carbocycles. The van der Waals surface area contributed by atoms with E-state index in [1.807, 2.05) is 43.0 Å². The smallest absolute Gasteiger partial charge is 0.318 e. The lowest BCUT2D eigenvalue weighted by atomic mass is 10.1. The van der Waals surface area contributed by atoms with Gasteiger partial charge >= 0.3 is 6.03 Å². The molecule has 6 nitrogen and oxygen atoms in total. The SMILES string of the molecule is CC(C)N(CC(=O)NC(N)=O)c1ccc(CN)cc1. The van der Waals surface area contributed by atoms with Crippen molar-refractivity contribution in [1.29, 1.82) is 0 Å². The van der Waals surface area contributed by atoms with Crippen LogP contribution in [-0.4, -0.2) is 24.5 Å². The van der Waals surface area contributed by atoms with Gasteiger partial charge in [-0.05, 0) is 31.5 Å². The number of hydrogen-bond donors (Lipinski definition) is 3. The summed E-state index contributed by atoms with van der Waals surface area (Å²) in [4.78, 5) is 24.1. The molecule has 5 N–H and O–H groups in total. The highest BCUT2D eigenvalue weighted by molar-refractivity contribution is 5.95. The van der Waals surface area contributed by atoms with Gasteiger partial charge in [-0.25, -0.2) is 4.79 Å². The summed E-state index contributed by atoms with van der Waals surface area (Å²) in [5.41, 5.74) is 12.4. The molecule has 1 aromatic carbocycles. The molecule has 0 unspecified atom stereocenters. The molecule has 0 heterocycles. The maximum absolute atomic E-state index is 11.6. The number of nitrogens with two attached hydrogens (primary N) is 2. The molecule has 1 rings (SSSR count). The first-order valence-corrected chi connectivity index (χ1v) is 6.09. The number of carbonyl (C=O) groups is 2. The van der Waals surface area contributed by atoms with Crippen LogP contribution in [0, 0.1) is 0 Å². The maximum Gasteiger partial charge on any atom is 0.318 e. The number of hydrogen-bond acceptors (Lipinski definition) is 4. The van der Waals surface area contributed by atoms with Gasteiger partial charge in [0.2, 0.25) is 5.91 Å². The average Bonchev–Trinajstić information content (AvgIpc) is 2.35. The summed E-state index contributed by atoms with van der Waals surface area (Å²) in [7, 11) is 0. The number of nitrogens with zero attached hydrogens (tertiary/aromatic N) is 1. The number of amides is 3. The van der Waals surface area contributed by atoms with Gasteiger partial charge in [0.15, 0.2) is 0 Å². The summed E-state index contributed by atoms with van der Waals surface area (Å²) >= 11 is 0. The lowest BCUT2D eigenvalue weighted by Gasteiger charge is -2.28. The highest BCUT2D eigenvalue weighted by atomic mass is 16.2. The van der Waals surface area contributed by atoms with E-state index in [0.29, 0.717) is 6.54 Å². The molecular formula is C13H20N4O2. The third-order valence-corrected chi connectivity index (χ3v) is 2.70. The molecule has 0 aromatic heterocycles. The van der Waals surface area contributed by atoms with E-state index in [9.17, 15) is 9.59 Å². The quantitative estimate of drug-likeness (QED) is 0.723. The Morgan fingerprint density at radius 1 is 1.26 bits per heavy atom. The summed E-state index contributed by atoms with van der Waals surface area (Å²) in [6.07, 6.45) is 0. The predicted molar refractivity (Wildman–Crippen MR) is 74.5 cm³/mol. The molecule has 3 amide bonds. The van der Waals surface area contributed by atoms with E-state index in [1.165, 1.54) is 0 Å². The van der Waals surface area contributed by atoms with Crippen molar-refractivity contribution in [3.63, 3.8) is 0 Å². The molecule has 0 spiro atoms. The Bertz CT molecular complexity index is 442. The zero-order chi connectivity index (χ0) is 14.4. The number of carbonyl (C=O) groups excluding carboxylic acids is 2. The molecule has 0 aliphatic rings. The van der Waals surface area contributed by atoms with E-state index in [-0.39, 0.29) is 12.6 Å². The first kappa shape index (κ1) is 15.0. The number of rotatable bonds is 5. The number of primary amides is 1. The summed E-state index contributed by atoms with van der Waals surface area (Å²) < 4.78 is 0.